The van der Waals surface area contributed by atoms with Gasteiger partial charge in [-0.25, -0.2) is 13.1 Å². The van der Waals surface area contributed by atoms with Gasteiger partial charge in [0.05, 0.1) is 16.5 Å². The van der Waals surface area contributed by atoms with Crippen molar-refractivity contribution in [1.82, 2.24) is 4.72 Å². The molecule has 1 amide bonds. The summed E-state index contributed by atoms with van der Waals surface area (Å²) in [5, 5.41) is 11.4. The first-order valence-electron chi connectivity index (χ1n) is 7.37. The van der Waals surface area contributed by atoms with E-state index in [1.807, 2.05) is 6.07 Å². The van der Waals surface area contributed by atoms with E-state index >= 15 is 0 Å². The zero-order valence-corrected chi connectivity index (χ0v) is 14.5. The number of nitrogens with one attached hydrogen (secondary N) is 2. The Bertz CT molecular complexity index is 885. The van der Waals surface area contributed by atoms with Gasteiger partial charge in [0.15, 0.2) is 6.10 Å². The lowest BCUT2D eigenvalue weighted by Crippen LogP contribution is -2.30. The summed E-state index contributed by atoms with van der Waals surface area (Å²) in [6, 6.07) is 14.2. The number of rotatable bonds is 6. The first-order valence-corrected chi connectivity index (χ1v) is 8.85. The molecule has 0 spiro atoms. The van der Waals surface area contributed by atoms with Gasteiger partial charge >= 0.3 is 0 Å². The topological polar surface area (TPSA) is 108 Å². The van der Waals surface area contributed by atoms with E-state index in [1.165, 1.54) is 31.3 Å². The molecule has 0 fully saturated rings. The van der Waals surface area contributed by atoms with Crippen LogP contribution in [0.2, 0.25) is 0 Å². The van der Waals surface area contributed by atoms with Crippen molar-refractivity contribution in [2.75, 3.05) is 12.4 Å². The van der Waals surface area contributed by atoms with Crippen molar-refractivity contribution in [2.45, 2.75) is 17.9 Å². The normalized spacial score (nSPS) is 12.0. The quantitative estimate of drug-likeness (QED) is 0.818. The molecule has 130 valence electrons. The Labute approximate surface area is 146 Å². The van der Waals surface area contributed by atoms with Crippen LogP contribution in [0.25, 0.3) is 0 Å². The van der Waals surface area contributed by atoms with Gasteiger partial charge in [0.25, 0.3) is 5.91 Å². The van der Waals surface area contributed by atoms with Crippen molar-refractivity contribution < 1.29 is 17.9 Å². The highest BCUT2D eigenvalue weighted by Crippen LogP contribution is 2.16. The van der Waals surface area contributed by atoms with Gasteiger partial charge in [0, 0.05) is 5.69 Å². The number of carbonyl (C=O) groups excluding carboxylic acids is 1. The SMILES string of the molecule is CNS(=O)(=O)c1ccc(NC(=O)[C@@H](C)Oc2ccc(C#N)cc2)cc1. The summed E-state index contributed by atoms with van der Waals surface area (Å²) >= 11 is 0. The van der Waals surface area contributed by atoms with Crippen molar-refractivity contribution in [2.24, 2.45) is 0 Å². The standard InChI is InChI=1S/C17H17N3O4S/c1-12(24-15-7-3-13(11-18)4-8-15)17(21)20-14-5-9-16(10-6-14)25(22,23)19-2/h3-10,12,19H,1-2H3,(H,20,21)/t12-/m1/s1. The van der Waals surface area contributed by atoms with E-state index < -0.39 is 16.1 Å². The van der Waals surface area contributed by atoms with Crippen LogP contribution in [0.5, 0.6) is 5.75 Å². The number of hydrogen-bond acceptors (Lipinski definition) is 5. The van der Waals surface area contributed by atoms with Crippen molar-refractivity contribution in [1.29, 1.82) is 5.26 Å². The van der Waals surface area contributed by atoms with Crippen molar-refractivity contribution in [3.63, 3.8) is 0 Å². The maximum absolute atomic E-state index is 12.2. The molecule has 0 bridgehead atoms. The average Bonchev–Trinajstić information content (AvgIpc) is 2.62. The third-order valence-electron chi connectivity index (χ3n) is 3.37. The van der Waals surface area contributed by atoms with Crippen molar-refractivity contribution in [3.8, 4) is 11.8 Å². The molecular formula is C17H17N3O4S. The number of amides is 1. The molecule has 2 N–H and O–H groups in total. The molecule has 2 aromatic rings. The average molecular weight is 359 g/mol. The Morgan fingerprint density at radius 3 is 2.24 bits per heavy atom. The van der Waals surface area contributed by atoms with Gasteiger partial charge in [-0.3, -0.25) is 4.79 Å². The fourth-order valence-electron chi connectivity index (χ4n) is 1.94. The molecule has 0 aromatic heterocycles. The molecule has 0 saturated carbocycles. The smallest absolute Gasteiger partial charge is 0.265 e. The molecule has 0 radical (unpaired) electrons. The van der Waals surface area contributed by atoms with Crippen LogP contribution >= 0.6 is 0 Å². The highest BCUT2D eigenvalue weighted by atomic mass is 32.2. The van der Waals surface area contributed by atoms with Crippen LogP contribution in [0.1, 0.15) is 12.5 Å². The van der Waals surface area contributed by atoms with Crippen LogP contribution in [0.4, 0.5) is 5.69 Å². The van der Waals surface area contributed by atoms with Gasteiger partial charge in [-0.05, 0) is 62.5 Å². The van der Waals surface area contributed by atoms with E-state index in [0.29, 0.717) is 17.0 Å². The Morgan fingerprint density at radius 2 is 1.72 bits per heavy atom. The summed E-state index contributed by atoms with van der Waals surface area (Å²) in [5.74, 6) is 0.0886. The van der Waals surface area contributed by atoms with E-state index in [4.69, 9.17) is 10.00 Å². The minimum atomic E-state index is -3.52. The first kappa shape index (κ1) is 18.4. The highest BCUT2D eigenvalue weighted by molar-refractivity contribution is 7.89. The molecule has 8 heteroatoms. The zero-order valence-electron chi connectivity index (χ0n) is 13.7. The number of nitrogens with zero attached hydrogens (tertiary/aromatic N) is 1. The lowest BCUT2D eigenvalue weighted by atomic mass is 10.2. The fourth-order valence-corrected chi connectivity index (χ4v) is 2.67. The number of anilines is 1. The molecule has 1 atom stereocenters. The molecule has 7 nitrogen and oxygen atoms in total. The predicted molar refractivity (Wildman–Crippen MR) is 92.6 cm³/mol. The predicted octanol–water partition coefficient (Wildman–Crippen LogP) is 1.87. The Kier molecular flexibility index (Phi) is 5.75. The number of sulfonamides is 1. The van der Waals surface area contributed by atoms with Gasteiger partial charge in [-0.15, -0.1) is 0 Å². The second-order valence-corrected chi connectivity index (χ2v) is 7.00. The summed E-state index contributed by atoms with van der Waals surface area (Å²) < 4.78 is 31.0. The van der Waals surface area contributed by atoms with Gasteiger partial charge in [-0.1, -0.05) is 0 Å². The molecule has 25 heavy (non-hydrogen) atoms. The molecule has 2 rings (SSSR count). The summed E-state index contributed by atoms with van der Waals surface area (Å²) in [5.41, 5.74) is 0.955. The molecule has 0 saturated heterocycles. The van der Waals surface area contributed by atoms with E-state index in [-0.39, 0.29) is 10.8 Å². The lowest BCUT2D eigenvalue weighted by Gasteiger charge is -2.15. The van der Waals surface area contributed by atoms with Gasteiger partial charge in [-0.2, -0.15) is 5.26 Å². The Hall–Kier alpha value is -2.89. The molecule has 0 unspecified atom stereocenters. The molecular weight excluding hydrogens is 342 g/mol. The van der Waals surface area contributed by atoms with E-state index in [1.54, 1.807) is 31.2 Å². The maximum Gasteiger partial charge on any atom is 0.265 e. The molecule has 0 heterocycles. The van der Waals surface area contributed by atoms with Crippen LogP contribution in [0.15, 0.2) is 53.4 Å². The van der Waals surface area contributed by atoms with E-state index in [2.05, 4.69) is 10.0 Å². The third kappa shape index (κ3) is 4.79. The number of nitriles is 1. The molecule has 0 aliphatic heterocycles. The van der Waals surface area contributed by atoms with Gasteiger partial charge in [0.2, 0.25) is 10.0 Å². The van der Waals surface area contributed by atoms with Crippen molar-refractivity contribution in [3.05, 3.63) is 54.1 Å². The number of carbonyl (C=O) groups is 1. The lowest BCUT2D eigenvalue weighted by molar-refractivity contribution is -0.122. The number of ether oxygens (including phenoxy) is 1. The third-order valence-corrected chi connectivity index (χ3v) is 4.80. The van der Waals surface area contributed by atoms with Gasteiger partial charge in [0.1, 0.15) is 5.75 Å². The fraction of sp³-hybridized carbons (Fsp3) is 0.176. The second kappa shape index (κ2) is 7.79. The van der Waals surface area contributed by atoms with Crippen LogP contribution in [0, 0.1) is 11.3 Å². The molecule has 0 aliphatic carbocycles. The Morgan fingerprint density at radius 1 is 1.12 bits per heavy atom. The van der Waals surface area contributed by atoms with Crippen LogP contribution in [-0.2, 0) is 14.8 Å². The highest BCUT2D eigenvalue weighted by Gasteiger charge is 2.16. The second-order valence-electron chi connectivity index (χ2n) is 5.12. The molecule has 2 aromatic carbocycles. The van der Waals surface area contributed by atoms with Crippen LogP contribution in [0.3, 0.4) is 0 Å². The maximum atomic E-state index is 12.2. The number of hydrogen-bond donors (Lipinski definition) is 2. The first-order chi connectivity index (χ1) is 11.9. The molecule has 0 aliphatic rings. The van der Waals surface area contributed by atoms with Crippen LogP contribution < -0.4 is 14.8 Å². The monoisotopic (exact) mass is 359 g/mol. The van der Waals surface area contributed by atoms with Crippen molar-refractivity contribution >= 4 is 21.6 Å². The minimum Gasteiger partial charge on any atom is -0.481 e. The Balaban J connectivity index is 1.99. The van der Waals surface area contributed by atoms with E-state index in [9.17, 15) is 13.2 Å². The van der Waals surface area contributed by atoms with Gasteiger partial charge < -0.3 is 10.1 Å². The summed E-state index contributed by atoms with van der Waals surface area (Å²) in [6.45, 7) is 1.59. The van der Waals surface area contributed by atoms with Crippen LogP contribution in [-0.4, -0.2) is 27.5 Å². The summed E-state index contributed by atoms with van der Waals surface area (Å²) in [6.07, 6.45) is -0.770. The summed E-state index contributed by atoms with van der Waals surface area (Å²) in [4.78, 5) is 12.3. The minimum absolute atomic E-state index is 0.106. The number of benzene rings is 2. The largest absolute Gasteiger partial charge is 0.481 e. The summed E-state index contributed by atoms with van der Waals surface area (Å²) in [7, 11) is -2.19. The zero-order chi connectivity index (χ0) is 18.4. The van der Waals surface area contributed by atoms with E-state index in [0.717, 1.165) is 0 Å².